The van der Waals surface area contributed by atoms with Crippen LogP contribution in [0.25, 0.3) is 0 Å². The molecule has 0 atom stereocenters. The van der Waals surface area contributed by atoms with E-state index in [-0.39, 0.29) is 11.8 Å². The van der Waals surface area contributed by atoms with Crippen molar-refractivity contribution in [3.05, 3.63) is 35.4 Å². The molecule has 2 aliphatic rings. The monoisotopic (exact) mass is 345 g/mol. The summed E-state index contributed by atoms with van der Waals surface area (Å²) < 4.78 is 5.31. The van der Waals surface area contributed by atoms with Crippen LogP contribution in [0.4, 0.5) is 0 Å². The molecule has 1 saturated heterocycles. The van der Waals surface area contributed by atoms with E-state index < -0.39 is 5.41 Å². The summed E-state index contributed by atoms with van der Waals surface area (Å²) in [5, 5.41) is 5.85. The number of hydrogen-bond donors (Lipinski definition) is 2. The molecule has 0 spiro atoms. The standard InChI is InChI=1S/C19H27N3O3/c1-15-2-4-16(5-3-15)14-21-18(24)19(6-7-19)17(23)20-8-9-22-10-12-25-13-11-22/h2-5H,6-14H2,1H3,(H,20,23)(H,21,24). The molecular weight excluding hydrogens is 318 g/mol. The summed E-state index contributed by atoms with van der Waals surface area (Å²) in [6.07, 6.45) is 1.27. The Morgan fingerprint density at radius 1 is 1.08 bits per heavy atom. The first-order valence-electron chi connectivity index (χ1n) is 9.02. The quantitative estimate of drug-likeness (QED) is 0.719. The molecule has 0 aromatic heterocycles. The summed E-state index contributed by atoms with van der Waals surface area (Å²) in [6.45, 7) is 7.17. The lowest BCUT2D eigenvalue weighted by molar-refractivity contribution is -0.137. The number of carbonyl (C=O) groups is 2. The molecule has 2 N–H and O–H groups in total. The van der Waals surface area contributed by atoms with Gasteiger partial charge in [-0.15, -0.1) is 0 Å². The van der Waals surface area contributed by atoms with E-state index in [1.165, 1.54) is 5.56 Å². The maximum atomic E-state index is 12.5. The van der Waals surface area contributed by atoms with Crippen LogP contribution in [-0.4, -0.2) is 56.1 Å². The molecule has 25 heavy (non-hydrogen) atoms. The number of nitrogens with one attached hydrogen (secondary N) is 2. The summed E-state index contributed by atoms with van der Waals surface area (Å²) in [7, 11) is 0. The van der Waals surface area contributed by atoms with Gasteiger partial charge in [-0.3, -0.25) is 14.5 Å². The van der Waals surface area contributed by atoms with Gasteiger partial charge >= 0.3 is 0 Å². The van der Waals surface area contributed by atoms with Gasteiger partial charge in [0.15, 0.2) is 0 Å². The predicted molar refractivity (Wildman–Crippen MR) is 95.0 cm³/mol. The third-order valence-electron chi connectivity index (χ3n) is 5.01. The highest BCUT2D eigenvalue weighted by molar-refractivity contribution is 6.07. The van der Waals surface area contributed by atoms with Crippen LogP contribution in [0.2, 0.25) is 0 Å². The van der Waals surface area contributed by atoms with Crippen LogP contribution < -0.4 is 10.6 Å². The topological polar surface area (TPSA) is 70.7 Å². The van der Waals surface area contributed by atoms with Crippen LogP contribution >= 0.6 is 0 Å². The molecule has 1 aromatic carbocycles. The van der Waals surface area contributed by atoms with E-state index in [4.69, 9.17) is 4.74 Å². The van der Waals surface area contributed by atoms with Gasteiger partial charge in [0, 0.05) is 32.7 Å². The molecule has 1 aliphatic heterocycles. The normalized spacial score (nSPS) is 19.2. The minimum absolute atomic E-state index is 0.137. The molecular formula is C19H27N3O3. The van der Waals surface area contributed by atoms with Crippen molar-refractivity contribution in [2.45, 2.75) is 26.3 Å². The molecule has 136 valence electrons. The van der Waals surface area contributed by atoms with Crippen molar-refractivity contribution in [3.63, 3.8) is 0 Å². The molecule has 6 nitrogen and oxygen atoms in total. The highest BCUT2D eigenvalue weighted by atomic mass is 16.5. The minimum atomic E-state index is -0.851. The van der Waals surface area contributed by atoms with Crippen LogP contribution in [0.15, 0.2) is 24.3 Å². The van der Waals surface area contributed by atoms with Crippen molar-refractivity contribution in [2.24, 2.45) is 5.41 Å². The Morgan fingerprint density at radius 2 is 1.72 bits per heavy atom. The predicted octanol–water partition coefficient (Wildman–Crippen LogP) is 0.840. The SMILES string of the molecule is Cc1ccc(CNC(=O)C2(C(=O)NCCN3CCOCC3)CC2)cc1. The average molecular weight is 345 g/mol. The molecule has 6 heteroatoms. The Hall–Kier alpha value is -1.92. The van der Waals surface area contributed by atoms with Crippen LogP contribution in [0.1, 0.15) is 24.0 Å². The highest BCUT2D eigenvalue weighted by Gasteiger charge is 2.56. The summed E-state index contributed by atoms with van der Waals surface area (Å²) in [4.78, 5) is 27.2. The van der Waals surface area contributed by atoms with Crippen molar-refractivity contribution in [1.82, 2.24) is 15.5 Å². The second kappa shape index (κ2) is 7.97. The summed E-state index contributed by atoms with van der Waals surface area (Å²) in [5.74, 6) is -0.292. The number of morpholine rings is 1. The van der Waals surface area contributed by atoms with E-state index in [2.05, 4.69) is 15.5 Å². The molecule has 0 unspecified atom stereocenters. The third kappa shape index (κ3) is 4.58. The first kappa shape index (κ1) is 17.9. The number of carbonyl (C=O) groups excluding carboxylic acids is 2. The number of amides is 2. The third-order valence-corrected chi connectivity index (χ3v) is 5.01. The molecule has 1 saturated carbocycles. The number of ether oxygens (including phenoxy) is 1. The molecule has 2 amide bonds. The van der Waals surface area contributed by atoms with Crippen LogP contribution in [-0.2, 0) is 20.9 Å². The van der Waals surface area contributed by atoms with Crippen molar-refractivity contribution < 1.29 is 14.3 Å². The van der Waals surface area contributed by atoms with E-state index >= 15 is 0 Å². The zero-order chi connectivity index (χ0) is 17.7. The number of benzene rings is 1. The molecule has 1 heterocycles. The van der Waals surface area contributed by atoms with Gasteiger partial charge < -0.3 is 15.4 Å². The fourth-order valence-electron chi connectivity index (χ4n) is 3.06. The van der Waals surface area contributed by atoms with E-state index in [1.807, 2.05) is 31.2 Å². The molecule has 1 aliphatic carbocycles. The highest BCUT2D eigenvalue weighted by Crippen LogP contribution is 2.46. The molecule has 2 fully saturated rings. The number of hydrogen-bond acceptors (Lipinski definition) is 4. The van der Waals surface area contributed by atoms with E-state index in [9.17, 15) is 9.59 Å². The number of nitrogens with zero attached hydrogens (tertiary/aromatic N) is 1. The van der Waals surface area contributed by atoms with Gasteiger partial charge in [0.1, 0.15) is 5.41 Å². The Kier molecular flexibility index (Phi) is 5.71. The van der Waals surface area contributed by atoms with Crippen molar-refractivity contribution in [3.8, 4) is 0 Å². The van der Waals surface area contributed by atoms with Crippen LogP contribution in [0.5, 0.6) is 0 Å². The lowest BCUT2D eigenvalue weighted by Gasteiger charge is -2.26. The Balaban J connectivity index is 1.43. The van der Waals surface area contributed by atoms with E-state index in [1.54, 1.807) is 0 Å². The van der Waals surface area contributed by atoms with Crippen molar-refractivity contribution >= 4 is 11.8 Å². The first-order valence-corrected chi connectivity index (χ1v) is 9.02. The minimum Gasteiger partial charge on any atom is -0.379 e. The summed E-state index contributed by atoms with van der Waals surface area (Å²) in [6, 6.07) is 8.04. The van der Waals surface area contributed by atoms with Gasteiger partial charge in [-0.05, 0) is 25.3 Å². The lowest BCUT2D eigenvalue weighted by Crippen LogP contribution is -2.46. The molecule has 1 aromatic rings. The summed E-state index contributed by atoms with van der Waals surface area (Å²) in [5.41, 5.74) is 1.38. The molecule has 0 radical (unpaired) electrons. The number of aryl methyl sites for hydroxylation is 1. The van der Waals surface area contributed by atoms with Crippen LogP contribution in [0, 0.1) is 12.3 Å². The van der Waals surface area contributed by atoms with Crippen molar-refractivity contribution in [1.29, 1.82) is 0 Å². The fourth-order valence-corrected chi connectivity index (χ4v) is 3.06. The van der Waals surface area contributed by atoms with Gasteiger partial charge in [-0.25, -0.2) is 0 Å². The number of rotatable bonds is 7. The zero-order valence-corrected chi connectivity index (χ0v) is 14.8. The Labute approximate surface area is 148 Å². The first-order chi connectivity index (χ1) is 12.1. The molecule has 0 bridgehead atoms. The van der Waals surface area contributed by atoms with Crippen molar-refractivity contribution in [2.75, 3.05) is 39.4 Å². The van der Waals surface area contributed by atoms with Gasteiger partial charge in [-0.1, -0.05) is 29.8 Å². The maximum absolute atomic E-state index is 12.5. The van der Waals surface area contributed by atoms with Gasteiger partial charge in [0.05, 0.1) is 13.2 Å². The van der Waals surface area contributed by atoms with Gasteiger partial charge in [0.2, 0.25) is 11.8 Å². The smallest absolute Gasteiger partial charge is 0.235 e. The molecule has 3 rings (SSSR count). The largest absolute Gasteiger partial charge is 0.379 e. The van der Waals surface area contributed by atoms with Crippen LogP contribution in [0.3, 0.4) is 0 Å². The maximum Gasteiger partial charge on any atom is 0.235 e. The summed E-state index contributed by atoms with van der Waals surface area (Å²) >= 11 is 0. The Bertz CT molecular complexity index is 605. The van der Waals surface area contributed by atoms with Gasteiger partial charge in [0.25, 0.3) is 0 Å². The zero-order valence-electron chi connectivity index (χ0n) is 14.8. The average Bonchev–Trinajstić information content (AvgIpc) is 3.44. The lowest BCUT2D eigenvalue weighted by atomic mass is 10.0. The second-order valence-electron chi connectivity index (χ2n) is 6.96. The van der Waals surface area contributed by atoms with E-state index in [0.29, 0.717) is 25.9 Å². The van der Waals surface area contributed by atoms with Gasteiger partial charge in [-0.2, -0.15) is 0 Å². The Morgan fingerprint density at radius 3 is 2.36 bits per heavy atom. The fraction of sp³-hybridized carbons (Fsp3) is 0.579. The second-order valence-corrected chi connectivity index (χ2v) is 6.96. The van der Waals surface area contributed by atoms with E-state index in [0.717, 1.165) is 38.4 Å².